The summed E-state index contributed by atoms with van der Waals surface area (Å²) < 4.78 is 5.30. The van der Waals surface area contributed by atoms with Gasteiger partial charge in [-0.2, -0.15) is 0 Å². The molecule has 0 bridgehead atoms. The van der Waals surface area contributed by atoms with E-state index in [1.54, 1.807) is 6.92 Å². The number of phenols is 2. The van der Waals surface area contributed by atoms with E-state index in [2.05, 4.69) is 0 Å². The van der Waals surface area contributed by atoms with Crippen LogP contribution in [0.3, 0.4) is 0 Å². The van der Waals surface area contributed by atoms with Gasteiger partial charge in [-0.1, -0.05) is 0 Å². The topological polar surface area (TPSA) is 53.6 Å². The van der Waals surface area contributed by atoms with Gasteiger partial charge in [-0.3, -0.25) is 0 Å². The smallest absolute Gasteiger partial charge is 0.179 e. The largest absolute Gasteiger partial charge is 0.507 e. The van der Waals surface area contributed by atoms with Crippen molar-refractivity contribution in [2.75, 3.05) is 0 Å². The molecular weight excluding hydrogens is 168 g/mol. The third-order valence-corrected chi connectivity index (χ3v) is 2.27. The predicted octanol–water partition coefficient (Wildman–Crippen LogP) is 2.46. The van der Waals surface area contributed by atoms with Gasteiger partial charge >= 0.3 is 0 Å². The number of fused-ring (bicyclic) bond motifs is 1. The Kier molecular flexibility index (Phi) is 1.49. The Hall–Kier alpha value is -1.64. The van der Waals surface area contributed by atoms with Crippen molar-refractivity contribution in [1.82, 2.24) is 0 Å². The van der Waals surface area contributed by atoms with Crippen LogP contribution in [0.2, 0.25) is 0 Å². The normalized spacial score (nSPS) is 10.9. The van der Waals surface area contributed by atoms with Crippen LogP contribution in [0.5, 0.6) is 11.5 Å². The highest BCUT2D eigenvalue weighted by molar-refractivity contribution is 5.91. The second-order valence-electron chi connectivity index (χ2n) is 3.09. The van der Waals surface area contributed by atoms with E-state index in [4.69, 9.17) is 4.42 Å². The van der Waals surface area contributed by atoms with Gasteiger partial charge in [0.1, 0.15) is 11.5 Å². The summed E-state index contributed by atoms with van der Waals surface area (Å²) in [4.78, 5) is 0. The third-order valence-electron chi connectivity index (χ3n) is 2.27. The zero-order chi connectivity index (χ0) is 9.59. The van der Waals surface area contributed by atoms with Crippen molar-refractivity contribution < 1.29 is 14.6 Å². The zero-order valence-electron chi connectivity index (χ0n) is 7.46. The van der Waals surface area contributed by atoms with E-state index in [0.717, 1.165) is 5.56 Å². The molecule has 1 heterocycles. The molecule has 13 heavy (non-hydrogen) atoms. The van der Waals surface area contributed by atoms with E-state index in [1.807, 2.05) is 6.92 Å². The van der Waals surface area contributed by atoms with E-state index in [0.29, 0.717) is 16.7 Å². The van der Waals surface area contributed by atoms with Crippen molar-refractivity contribution in [3.63, 3.8) is 0 Å². The molecule has 0 spiro atoms. The lowest BCUT2D eigenvalue weighted by molar-refractivity contribution is 0.454. The number of furan rings is 1. The maximum Gasteiger partial charge on any atom is 0.179 e. The molecule has 0 saturated heterocycles. The highest BCUT2D eigenvalue weighted by Gasteiger charge is 2.13. The molecule has 0 aliphatic heterocycles. The molecule has 2 aromatic rings. The van der Waals surface area contributed by atoms with E-state index in [-0.39, 0.29) is 11.5 Å². The molecule has 1 aromatic carbocycles. The van der Waals surface area contributed by atoms with Gasteiger partial charge in [0.2, 0.25) is 0 Å². The average molecular weight is 178 g/mol. The molecule has 0 aliphatic carbocycles. The van der Waals surface area contributed by atoms with Crippen LogP contribution in [-0.4, -0.2) is 10.2 Å². The summed E-state index contributed by atoms with van der Waals surface area (Å²) in [6, 6.07) is 2.87. The fourth-order valence-electron chi connectivity index (χ4n) is 1.43. The SMILES string of the molecule is Cc1oc2c(O)ccc(O)c2c1C. The second-order valence-corrected chi connectivity index (χ2v) is 3.09. The van der Waals surface area contributed by atoms with Crippen LogP contribution in [0.1, 0.15) is 11.3 Å². The Morgan fingerprint density at radius 2 is 1.69 bits per heavy atom. The lowest BCUT2D eigenvalue weighted by Gasteiger charge is -1.96. The van der Waals surface area contributed by atoms with Crippen LogP contribution in [0.15, 0.2) is 16.5 Å². The maximum atomic E-state index is 9.52. The molecule has 0 aliphatic rings. The number of benzene rings is 1. The van der Waals surface area contributed by atoms with Crippen molar-refractivity contribution in [1.29, 1.82) is 0 Å². The molecule has 0 amide bonds. The Labute approximate surface area is 75.2 Å². The molecule has 3 heteroatoms. The molecule has 0 atom stereocenters. The minimum atomic E-state index is 0.0593. The number of hydrogen-bond donors (Lipinski definition) is 2. The summed E-state index contributed by atoms with van der Waals surface area (Å²) in [5.41, 5.74) is 1.22. The van der Waals surface area contributed by atoms with Crippen LogP contribution in [0, 0.1) is 13.8 Å². The van der Waals surface area contributed by atoms with Gasteiger partial charge in [0, 0.05) is 5.56 Å². The highest BCUT2D eigenvalue weighted by Crippen LogP contribution is 2.37. The number of phenolic OH excluding ortho intramolecular Hbond substituents is 2. The van der Waals surface area contributed by atoms with Gasteiger partial charge in [-0.05, 0) is 26.0 Å². The summed E-state index contributed by atoms with van der Waals surface area (Å²) in [5, 5.41) is 19.5. The Morgan fingerprint density at radius 1 is 1.08 bits per heavy atom. The first-order valence-electron chi connectivity index (χ1n) is 4.02. The van der Waals surface area contributed by atoms with Crippen molar-refractivity contribution in [2.45, 2.75) is 13.8 Å². The average Bonchev–Trinajstić information content (AvgIpc) is 2.38. The fourth-order valence-corrected chi connectivity index (χ4v) is 1.43. The number of aromatic hydroxyl groups is 2. The van der Waals surface area contributed by atoms with Crippen LogP contribution < -0.4 is 0 Å². The Balaban J connectivity index is 3.00. The first-order chi connectivity index (χ1) is 6.11. The number of hydrogen-bond acceptors (Lipinski definition) is 3. The minimum absolute atomic E-state index is 0.0593. The van der Waals surface area contributed by atoms with Gasteiger partial charge in [-0.25, -0.2) is 0 Å². The summed E-state index contributed by atoms with van der Waals surface area (Å²) in [5.74, 6) is 0.915. The number of rotatable bonds is 0. The quantitative estimate of drug-likeness (QED) is 0.609. The molecule has 0 saturated carbocycles. The summed E-state index contributed by atoms with van der Waals surface area (Å²) >= 11 is 0. The van der Waals surface area contributed by atoms with Crippen LogP contribution in [-0.2, 0) is 0 Å². The van der Waals surface area contributed by atoms with Crippen LogP contribution in [0.25, 0.3) is 11.0 Å². The van der Waals surface area contributed by atoms with Gasteiger partial charge in [0.25, 0.3) is 0 Å². The lowest BCUT2D eigenvalue weighted by Crippen LogP contribution is -1.73. The lowest BCUT2D eigenvalue weighted by atomic mass is 10.1. The van der Waals surface area contributed by atoms with Gasteiger partial charge in [-0.15, -0.1) is 0 Å². The van der Waals surface area contributed by atoms with Gasteiger partial charge in [0.15, 0.2) is 11.3 Å². The first-order valence-corrected chi connectivity index (χ1v) is 4.02. The molecule has 2 N–H and O–H groups in total. The molecule has 0 fully saturated rings. The summed E-state index contributed by atoms with van der Waals surface area (Å²) in [6.07, 6.45) is 0. The van der Waals surface area contributed by atoms with Crippen molar-refractivity contribution in [3.05, 3.63) is 23.5 Å². The number of aryl methyl sites for hydroxylation is 2. The van der Waals surface area contributed by atoms with Crippen LogP contribution >= 0.6 is 0 Å². The molecule has 68 valence electrons. The predicted molar refractivity (Wildman–Crippen MR) is 49.0 cm³/mol. The van der Waals surface area contributed by atoms with E-state index < -0.39 is 0 Å². The summed E-state index contributed by atoms with van der Waals surface area (Å²) in [6.45, 7) is 3.65. The van der Waals surface area contributed by atoms with E-state index in [1.165, 1.54) is 12.1 Å². The zero-order valence-corrected chi connectivity index (χ0v) is 7.46. The molecule has 0 radical (unpaired) electrons. The second kappa shape index (κ2) is 2.42. The molecule has 1 aromatic heterocycles. The molecule has 3 nitrogen and oxygen atoms in total. The van der Waals surface area contributed by atoms with Crippen molar-refractivity contribution in [3.8, 4) is 11.5 Å². The molecule has 0 unspecified atom stereocenters. The fraction of sp³-hybridized carbons (Fsp3) is 0.200. The first kappa shape index (κ1) is 7.98. The third kappa shape index (κ3) is 0.967. The monoisotopic (exact) mass is 178 g/mol. The summed E-state index contributed by atoms with van der Waals surface area (Å²) in [7, 11) is 0. The molecular formula is C10H10O3. The van der Waals surface area contributed by atoms with Gasteiger partial charge < -0.3 is 14.6 Å². The van der Waals surface area contributed by atoms with Crippen molar-refractivity contribution >= 4 is 11.0 Å². The van der Waals surface area contributed by atoms with E-state index >= 15 is 0 Å². The van der Waals surface area contributed by atoms with Gasteiger partial charge in [0.05, 0.1) is 5.39 Å². The van der Waals surface area contributed by atoms with Crippen molar-refractivity contribution in [2.24, 2.45) is 0 Å². The highest BCUT2D eigenvalue weighted by atomic mass is 16.4. The molecule has 2 rings (SSSR count). The standard InChI is InChI=1S/C10H10O3/c1-5-6(2)13-10-8(12)4-3-7(11)9(5)10/h3-4,11-12H,1-2H3. The Bertz CT molecular complexity index is 468. The minimum Gasteiger partial charge on any atom is -0.507 e. The van der Waals surface area contributed by atoms with Crippen LogP contribution in [0.4, 0.5) is 0 Å². The Morgan fingerprint density at radius 3 is 2.31 bits per heavy atom. The van der Waals surface area contributed by atoms with E-state index in [9.17, 15) is 10.2 Å². The maximum absolute atomic E-state index is 9.52.